The number of unbranched alkanes of at least 4 members (excludes halogenated alkanes) is 1. The van der Waals surface area contributed by atoms with Crippen LogP contribution in [-0.2, 0) is 14.3 Å². The zero-order valence-electron chi connectivity index (χ0n) is 10.0. The van der Waals surface area contributed by atoms with E-state index in [4.69, 9.17) is 16.3 Å². The fourth-order valence-corrected chi connectivity index (χ4v) is 1.69. The average molecular weight is 238 g/mol. The summed E-state index contributed by atoms with van der Waals surface area (Å²) in [5.74, 6) is 0.934. The molecule has 0 aromatic rings. The van der Waals surface area contributed by atoms with Crippen molar-refractivity contribution in [1.29, 1.82) is 0 Å². The van der Waals surface area contributed by atoms with Crippen molar-refractivity contribution in [3.63, 3.8) is 0 Å². The lowest BCUT2D eigenvalue weighted by Crippen LogP contribution is -2.17. The second-order valence-corrected chi connectivity index (χ2v) is 4.56. The van der Waals surface area contributed by atoms with Gasteiger partial charge in [-0.15, -0.1) is 12.3 Å². The molecule has 1 fully saturated rings. The van der Waals surface area contributed by atoms with E-state index in [0.29, 0.717) is 5.92 Å². The van der Waals surface area contributed by atoms with Crippen molar-refractivity contribution in [3.05, 3.63) is 0 Å². The molecule has 0 spiro atoms. The molecule has 0 amide bonds. The third kappa shape index (κ3) is 4.90. The van der Waals surface area contributed by atoms with Crippen LogP contribution in [-0.4, -0.2) is 23.1 Å². The Bertz CT molecular complexity index is 329. The van der Waals surface area contributed by atoms with E-state index in [9.17, 15) is 9.59 Å². The minimum Gasteiger partial charge on any atom is -0.481 e. The lowest BCUT2D eigenvalue weighted by atomic mass is 10.1. The highest BCUT2D eigenvalue weighted by Gasteiger charge is 2.40. The second-order valence-electron chi connectivity index (χ2n) is 4.56. The number of carboxylic acids is 1. The Balaban J connectivity index is 2.13. The molecular weight excluding hydrogens is 220 g/mol. The minimum absolute atomic E-state index is 0.0127. The molecule has 3 atom stereocenters. The maximum absolute atomic E-state index is 11.4. The smallest absolute Gasteiger partial charge is 0.306 e. The number of aliphatic carboxylic acids is 1. The van der Waals surface area contributed by atoms with Crippen molar-refractivity contribution in [1.82, 2.24) is 0 Å². The summed E-state index contributed by atoms with van der Waals surface area (Å²) in [4.78, 5) is 21.9. The summed E-state index contributed by atoms with van der Waals surface area (Å²) < 4.78 is 5.17. The standard InChI is InChI=1S/C13H18O4/c1-3-4-5-6-10-8-11(10)17-12(14)7-9(2)13(15)16/h1,9-11H,4-8H2,2H3,(H,15,16)/t9-,10-,11-/m1/s1. The zero-order valence-corrected chi connectivity index (χ0v) is 10.0. The number of carboxylic acid groups (broad SMARTS) is 1. The molecular formula is C13H18O4. The Morgan fingerprint density at radius 1 is 1.59 bits per heavy atom. The van der Waals surface area contributed by atoms with Gasteiger partial charge in [0, 0.05) is 6.42 Å². The van der Waals surface area contributed by atoms with Gasteiger partial charge >= 0.3 is 11.9 Å². The lowest BCUT2D eigenvalue weighted by molar-refractivity contribution is -0.152. The highest BCUT2D eigenvalue weighted by Crippen LogP contribution is 2.38. The SMILES string of the molecule is C#CCCC[C@@H]1C[C@H]1OC(=O)C[C@@H](C)C(=O)O. The molecule has 0 saturated heterocycles. The highest BCUT2D eigenvalue weighted by molar-refractivity contribution is 5.78. The number of carbonyl (C=O) groups excluding carboxylic acids is 1. The number of ether oxygens (including phenoxy) is 1. The molecule has 17 heavy (non-hydrogen) atoms. The van der Waals surface area contributed by atoms with E-state index in [1.54, 1.807) is 0 Å². The summed E-state index contributed by atoms with van der Waals surface area (Å²) in [6.07, 6.45) is 8.66. The molecule has 1 aliphatic carbocycles. The number of esters is 1. The molecule has 0 radical (unpaired) electrons. The Labute approximate surface area is 101 Å². The Morgan fingerprint density at radius 2 is 2.29 bits per heavy atom. The van der Waals surface area contributed by atoms with E-state index < -0.39 is 17.9 Å². The first-order chi connectivity index (χ1) is 8.04. The molecule has 0 heterocycles. The Hall–Kier alpha value is -1.50. The molecule has 94 valence electrons. The van der Waals surface area contributed by atoms with Crippen LogP contribution in [0.5, 0.6) is 0 Å². The van der Waals surface area contributed by atoms with Gasteiger partial charge in [-0.1, -0.05) is 6.92 Å². The summed E-state index contributed by atoms with van der Waals surface area (Å²) in [5.41, 5.74) is 0. The van der Waals surface area contributed by atoms with Gasteiger partial charge in [0.25, 0.3) is 0 Å². The molecule has 1 rings (SSSR count). The summed E-state index contributed by atoms with van der Waals surface area (Å²) in [6.45, 7) is 1.50. The fraction of sp³-hybridized carbons (Fsp3) is 0.692. The molecule has 0 aromatic carbocycles. The average Bonchev–Trinajstić information content (AvgIpc) is 2.96. The van der Waals surface area contributed by atoms with Crippen molar-refractivity contribution < 1.29 is 19.4 Å². The number of carbonyl (C=O) groups is 2. The third-order valence-electron chi connectivity index (χ3n) is 2.93. The number of rotatable bonds is 7. The van der Waals surface area contributed by atoms with Gasteiger partial charge in [-0.05, 0) is 25.2 Å². The molecule has 0 aromatic heterocycles. The predicted octanol–water partition coefficient (Wildman–Crippen LogP) is 1.83. The van der Waals surface area contributed by atoms with Crippen LogP contribution in [0.2, 0.25) is 0 Å². The number of hydrogen-bond donors (Lipinski definition) is 1. The Kier molecular flexibility index (Phi) is 5.02. The minimum atomic E-state index is -0.969. The topological polar surface area (TPSA) is 63.6 Å². The summed E-state index contributed by atoms with van der Waals surface area (Å²) in [7, 11) is 0. The third-order valence-corrected chi connectivity index (χ3v) is 2.93. The predicted molar refractivity (Wildman–Crippen MR) is 62.1 cm³/mol. The molecule has 4 nitrogen and oxygen atoms in total. The number of hydrogen-bond acceptors (Lipinski definition) is 3. The van der Waals surface area contributed by atoms with Crippen LogP contribution >= 0.6 is 0 Å². The van der Waals surface area contributed by atoms with E-state index in [2.05, 4.69) is 5.92 Å². The Morgan fingerprint density at radius 3 is 2.88 bits per heavy atom. The maximum atomic E-state index is 11.4. The quantitative estimate of drug-likeness (QED) is 0.417. The van der Waals surface area contributed by atoms with Crippen molar-refractivity contribution in [2.75, 3.05) is 0 Å². The molecule has 0 aliphatic heterocycles. The van der Waals surface area contributed by atoms with Crippen LogP contribution in [0, 0.1) is 24.2 Å². The molecule has 0 unspecified atom stereocenters. The van der Waals surface area contributed by atoms with Gasteiger partial charge in [0.1, 0.15) is 6.10 Å². The van der Waals surface area contributed by atoms with Gasteiger partial charge in [-0.25, -0.2) is 0 Å². The lowest BCUT2D eigenvalue weighted by Gasteiger charge is -2.06. The largest absolute Gasteiger partial charge is 0.481 e. The van der Waals surface area contributed by atoms with Crippen molar-refractivity contribution >= 4 is 11.9 Å². The maximum Gasteiger partial charge on any atom is 0.306 e. The van der Waals surface area contributed by atoms with Crippen LogP contribution in [0.25, 0.3) is 0 Å². The van der Waals surface area contributed by atoms with Gasteiger partial charge in [0.2, 0.25) is 0 Å². The molecule has 1 N–H and O–H groups in total. The second kappa shape index (κ2) is 6.29. The first-order valence-electron chi connectivity index (χ1n) is 5.90. The number of terminal acetylenes is 1. The fourth-order valence-electron chi connectivity index (χ4n) is 1.69. The van der Waals surface area contributed by atoms with Gasteiger partial charge in [-0.2, -0.15) is 0 Å². The highest BCUT2D eigenvalue weighted by atomic mass is 16.5. The van der Waals surface area contributed by atoms with Crippen molar-refractivity contribution in [3.8, 4) is 12.3 Å². The monoisotopic (exact) mass is 238 g/mol. The first kappa shape index (κ1) is 13.6. The van der Waals surface area contributed by atoms with Crippen molar-refractivity contribution in [2.45, 2.75) is 45.1 Å². The van der Waals surface area contributed by atoms with Crippen LogP contribution in [0.15, 0.2) is 0 Å². The van der Waals surface area contributed by atoms with Crippen LogP contribution < -0.4 is 0 Å². The molecule has 1 aliphatic rings. The van der Waals surface area contributed by atoms with E-state index in [1.807, 2.05) is 0 Å². The van der Waals surface area contributed by atoms with E-state index in [0.717, 1.165) is 25.7 Å². The zero-order chi connectivity index (χ0) is 12.8. The normalized spacial score (nSPS) is 23.5. The molecule has 1 saturated carbocycles. The van der Waals surface area contributed by atoms with Crippen LogP contribution in [0.3, 0.4) is 0 Å². The van der Waals surface area contributed by atoms with Gasteiger partial charge in [-0.3, -0.25) is 9.59 Å². The molecule has 0 bridgehead atoms. The van der Waals surface area contributed by atoms with Crippen molar-refractivity contribution in [2.24, 2.45) is 11.8 Å². The van der Waals surface area contributed by atoms with E-state index >= 15 is 0 Å². The molecule has 4 heteroatoms. The first-order valence-corrected chi connectivity index (χ1v) is 5.90. The van der Waals surface area contributed by atoms with Crippen LogP contribution in [0.1, 0.15) is 39.0 Å². The summed E-state index contributed by atoms with van der Waals surface area (Å²) in [6, 6.07) is 0. The van der Waals surface area contributed by atoms with E-state index in [-0.39, 0.29) is 12.5 Å². The summed E-state index contributed by atoms with van der Waals surface area (Å²) in [5, 5.41) is 8.65. The van der Waals surface area contributed by atoms with Crippen LogP contribution in [0.4, 0.5) is 0 Å². The van der Waals surface area contributed by atoms with E-state index in [1.165, 1.54) is 6.92 Å². The van der Waals surface area contributed by atoms with Gasteiger partial charge < -0.3 is 9.84 Å². The summed E-state index contributed by atoms with van der Waals surface area (Å²) >= 11 is 0. The van der Waals surface area contributed by atoms with Gasteiger partial charge in [0.05, 0.1) is 12.3 Å². The van der Waals surface area contributed by atoms with Gasteiger partial charge in [0.15, 0.2) is 0 Å².